The summed E-state index contributed by atoms with van der Waals surface area (Å²) in [5, 5.41) is 7.00. The molecular formula is C11H16F2O3. The van der Waals surface area contributed by atoms with E-state index in [1.807, 2.05) is 13.8 Å². The number of fused-ring (bicyclic) bond motifs is 1. The van der Waals surface area contributed by atoms with Crippen molar-refractivity contribution in [3.05, 3.63) is 23.8 Å². The zero-order chi connectivity index (χ0) is 12.8. The van der Waals surface area contributed by atoms with Crippen molar-refractivity contribution in [3.8, 4) is 11.5 Å². The molecule has 1 aromatic carbocycles. The van der Waals surface area contributed by atoms with E-state index in [0.717, 1.165) is 12.7 Å². The molecule has 5 heteroatoms. The van der Waals surface area contributed by atoms with Gasteiger partial charge in [0, 0.05) is 7.11 Å². The normalized spacial score (nSPS) is 14.2. The maximum absolute atomic E-state index is 12.4. The summed E-state index contributed by atoms with van der Waals surface area (Å²) in [6.07, 6.45) is -3.50. The van der Waals surface area contributed by atoms with Crippen LogP contribution in [0.3, 0.4) is 0 Å². The van der Waals surface area contributed by atoms with Crippen molar-refractivity contribution >= 4 is 0 Å². The summed E-state index contributed by atoms with van der Waals surface area (Å²) < 4.78 is 33.3. The molecule has 1 N–H and O–H groups in total. The Kier molecular flexibility index (Phi) is 5.74. The lowest BCUT2D eigenvalue weighted by atomic mass is 10.2. The van der Waals surface area contributed by atoms with Crippen LogP contribution in [0, 0.1) is 6.92 Å². The molecule has 0 atom stereocenters. The van der Waals surface area contributed by atoms with Crippen molar-refractivity contribution in [3.63, 3.8) is 0 Å². The number of hydrogen-bond donors (Lipinski definition) is 1. The molecule has 92 valence electrons. The predicted octanol–water partition coefficient (Wildman–Crippen LogP) is 2.95. The van der Waals surface area contributed by atoms with Crippen LogP contribution in [0.1, 0.15) is 19.4 Å². The topological polar surface area (TPSA) is 38.7 Å². The van der Waals surface area contributed by atoms with Crippen molar-refractivity contribution in [2.24, 2.45) is 0 Å². The van der Waals surface area contributed by atoms with E-state index >= 15 is 0 Å². The number of rotatable bonds is 0. The highest BCUT2D eigenvalue weighted by Crippen LogP contribution is 2.40. The highest BCUT2D eigenvalue weighted by molar-refractivity contribution is 5.44. The van der Waals surface area contributed by atoms with Gasteiger partial charge in [0.25, 0.3) is 0 Å². The van der Waals surface area contributed by atoms with Gasteiger partial charge in [0.2, 0.25) is 0 Å². The Balaban J connectivity index is 0.000000509. The first-order chi connectivity index (χ1) is 7.57. The summed E-state index contributed by atoms with van der Waals surface area (Å²) in [6.45, 7) is 5.79. The van der Waals surface area contributed by atoms with E-state index in [4.69, 9.17) is 5.11 Å². The highest BCUT2D eigenvalue weighted by atomic mass is 19.3. The fourth-order valence-electron chi connectivity index (χ4n) is 1.06. The lowest BCUT2D eigenvalue weighted by molar-refractivity contribution is -0.286. The van der Waals surface area contributed by atoms with Crippen LogP contribution in [0.2, 0.25) is 0 Å². The first kappa shape index (κ1) is 14.6. The van der Waals surface area contributed by atoms with Gasteiger partial charge in [-0.25, -0.2) is 0 Å². The average molecular weight is 234 g/mol. The van der Waals surface area contributed by atoms with Crippen molar-refractivity contribution in [1.82, 2.24) is 0 Å². The third-order valence-electron chi connectivity index (χ3n) is 1.56. The maximum Gasteiger partial charge on any atom is 0.586 e. The van der Waals surface area contributed by atoms with E-state index in [1.165, 1.54) is 12.1 Å². The van der Waals surface area contributed by atoms with Gasteiger partial charge in [-0.15, -0.1) is 8.78 Å². The molecule has 0 saturated carbocycles. The van der Waals surface area contributed by atoms with Crippen LogP contribution >= 0.6 is 0 Å². The molecule has 2 rings (SSSR count). The number of ether oxygens (including phenoxy) is 2. The van der Waals surface area contributed by atoms with E-state index in [2.05, 4.69) is 9.47 Å². The molecular weight excluding hydrogens is 218 g/mol. The summed E-state index contributed by atoms with van der Waals surface area (Å²) in [7, 11) is 1.00. The van der Waals surface area contributed by atoms with Crippen LogP contribution in [-0.4, -0.2) is 18.5 Å². The number of aliphatic hydroxyl groups is 1. The fourth-order valence-corrected chi connectivity index (χ4v) is 1.06. The van der Waals surface area contributed by atoms with Crippen LogP contribution in [0.15, 0.2) is 18.2 Å². The number of benzene rings is 1. The first-order valence-electron chi connectivity index (χ1n) is 4.88. The molecule has 0 radical (unpaired) electrons. The van der Waals surface area contributed by atoms with E-state index < -0.39 is 6.29 Å². The molecule has 0 bridgehead atoms. The molecule has 1 heterocycles. The van der Waals surface area contributed by atoms with Crippen LogP contribution in [0.25, 0.3) is 0 Å². The Morgan fingerprint density at radius 3 is 2.12 bits per heavy atom. The molecule has 0 amide bonds. The van der Waals surface area contributed by atoms with Gasteiger partial charge < -0.3 is 14.6 Å². The average Bonchev–Trinajstić information content (AvgIpc) is 2.57. The van der Waals surface area contributed by atoms with E-state index in [-0.39, 0.29) is 11.5 Å². The Morgan fingerprint density at radius 1 is 1.06 bits per heavy atom. The lowest BCUT2D eigenvalue weighted by Gasteiger charge is -2.04. The minimum absolute atomic E-state index is 0.0885. The van der Waals surface area contributed by atoms with Gasteiger partial charge in [-0.05, 0) is 24.6 Å². The minimum Gasteiger partial charge on any atom is -0.400 e. The van der Waals surface area contributed by atoms with Crippen molar-refractivity contribution in [1.29, 1.82) is 0 Å². The fraction of sp³-hybridized carbons (Fsp3) is 0.455. The SMILES string of the molecule is CC.CO.Cc1ccc2c(c1)OC(F)(F)O2. The summed E-state index contributed by atoms with van der Waals surface area (Å²) in [5.74, 6) is 0.186. The number of hydrogen-bond acceptors (Lipinski definition) is 3. The molecule has 1 aliphatic heterocycles. The predicted molar refractivity (Wildman–Crippen MR) is 56.9 cm³/mol. The molecule has 0 aliphatic carbocycles. The van der Waals surface area contributed by atoms with Gasteiger partial charge in [0.1, 0.15) is 0 Å². The van der Waals surface area contributed by atoms with E-state index in [0.29, 0.717) is 0 Å². The summed E-state index contributed by atoms with van der Waals surface area (Å²) in [4.78, 5) is 0. The molecule has 0 spiro atoms. The number of halogens is 2. The largest absolute Gasteiger partial charge is 0.586 e. The Labute approximate surface area is 93.6 Å². The van der Waals surface area contributed by atoms with Gasteiger partial charge in [0.05, 0.1) is 0 Å². The quantitative estimate of drug-likeness (QED) is 0.750. The van der Waals surface area contributed by atoms with E-state index in [1.54, 1.807) is 13.0 Å². The third-order valence-corrected chi connectivity index (χ3v) is 1.56. The monoisotopic (exact) mass is 234 g/mol. The van der Waals surface area contributed by atoms with Crippen LogP contribution in [0.4, 0.5) is 8.78 Å². The van der Waals surface area contributed by atoms with Crippen molar-refractivity contribution in [2.45, 2.75) is 27.1 Å². The third kappa shape index (κ3) is 3.66. The molecule has 0 saturated heterocycles. The Bertz CT molecular complexity index is 327. The van der Waals surface area contributed by atoms with Crippen molar-refractivity contribution < 1.29 is 23.4 Å². The second kappa shape index (κ2) is 6.27. The molecule has 0 unspecified atom stereocenters. The van der Waals surface area contributed by atoms with Gasteiger partial charge in [0.15, 0.2) is 11.5 Å². The van der Waals surface area contributed by atoms with Gasteiger partial charge >= 0.3 is 6.29 Å². The number of alkyl halides is 2. The second-order valence-corrected chi connectivity index (χ2v) is 2.62. The van der Waals surface area contributed by atoms with Crippen LogP contribution in [0.5, 0.6) is 11.5 Å². The standard InChI is InChI=1S/C8H6F2O2.C2H6.CH4O/c1-5-2-3-6-7(4-5)12-8(9,10)11-6;2*1-2/h2-4H,1H3;1-2H3;2H,1H3. The van der Waals surface area contributed by atoms with E-state index in [9.17, 15) is 8.78 Å². The smallest absolute Gasteiger partial charge is 0.400 e. The first-order valence-corrected chi connectivity index (χ1v) is 4.88. The maximum atomic E-state index is 12.4. The Morgan fingerprint density at radius 2 is 1.56 bits per heavy atom. The zero-order valence-corrected chi connectivity index (χ0v) is 9.75. The van der Waals surface area contributed by atoms with Gasteiger partial charge in [-0.1, -0.05) is 19.9 Å². The molecule has 16 heavy (non-hydrogen) atoms. The highest BCUT2D eigenvalue weighted by Gasteiger charge is 2.43. The molecule has 1 aliphatic rings. The van der Waals surface area contributed by atoms with Gasteiger partial charge in [-0.3, -0.25) is 0 Å². The summed E-state index contributed by atoms with van der Waals surface area (Å²) in [6, 6.07) is 4.66. The molecule has 1 aromatic rings. The zero-order valence-electron chi connectivity index (χ0n) is 9.75. The van der Waals surface area contributed by atoms with Crippen LogP contribution in [-0.2, 0) is 0 Å². The van der Waals surface area contributed by atoms with Crippen LogP contribution < -0.4 is 9.47 Å². The number of aryl methyl sites for hydroxylation is 1. The molecule has 0 fully saturated rings. The summed E-state index contributed by atoms with van der Waals surface area (Å²) in [5.41, 5.74) is 0.857. The molecule has 0 aromatic heterocycles. The van der Waals surface area contributed by atoms with Crippen molar-refractivity contribution in [2.75, 3.05) is 7.11 Å². The Hall–Kier alpha value is -1.36. The summed E-state index contributed by atoms with van der Waals surface area (Å²) >= 11 is 0. The minimum atomic E-state index is -3.50. The molecule has 3 nitrogen and oxygen atoms in total. The lowest BCUT2D eigenvalue weighted by Crippen LogP contribution is -2.25. The van der Waals surface area contributed by atoms with Gasteiger partial charge in [-0.2, -0.15) is 0 Å². The number of aliphatic hydroxyl groups excluding tert-OH is 1. The second-order valence-electron chi connectivity index (χ2n) is 2.62.